The molecule has 7 heteroatoms. The third-order valence-electron chi connectivity index (χ3n) is 0.892. The Bertz CT molecular complexity index is 306. The summed E-state index contributed by atoms with van der Waals surface area (Å²) in [5.41, 5.74) is -0.351. The van der Waals surface area contributed by atoms with Gasteiger partial charge in [0, 0.05) is 0 Å². The Morgan fingerprint density at radius 3 is 2.38 bits per heavy atom. The first-order valence-corrected chi connectivity index (χ1v) is 4.19. The van der Waals surface area contributed by atoms with Gasteiger partial charge in [0.2, 0.25) is 10.4 Å². The molecule has 13 heavy (non-hydrogen) atoms. The van der Waals surface area contributed by atoms with E-state index < -0.39 is 4.92 Å². The Kier molecular flexibility index (Phi) is 5.25. The molecule has 0 unspecified atom stereocenters. The highest BCUT2D eigenvalue weighted by atomic mass is 35.5. The van der Waals surface area contributed by atoms with Gasteiger partial charge in [-0.05, 0) is 11.6 Å². The lowest BCUT2D eigenvalue weighted by molar-refractivity contribution is -0.385. The van der Waals surface area contributed by atoms with Crippen molar-refractivity contribution in [3.8, 4) is 0 Å². The average molecular weight is 224 g/mol. The summed E-state index contributed by atoms with van der Waals surface area (Å²) in [7, 11) is 0. The molecule has 1 aromatic rings. The molecule has 0 saturated heterocycles. The maximum absolute atomic E-state index is 10.1. The minimum atomic E-state index is -0.682. The molecule has 0 aliphatic carbocycles. The van der Waals surface area contributed by atoms with Crippen LogP contribution in [0.4, 0.5) is 5.69 Å². The van der Waals surface area contributed by atoms with Crippen LogP contribution < -0.4 is 0 Å². The number of halogens is 2. The van der Waals surface area contributed by atoms with E-state index in [0.717, 1.165) is 6.20 Å². The van der Waals surface area contributed by atoms with Crippen molar-refractivity contribution in [1.29, 1.82) is 0 Å². The first-order valence-electron chi connectivity index (χ1n) is 3.43. The van der Waals surface area contributed by atoms with Gasteiger partial charge >= 0.3 is 5.69 Å². The van der Waals surface area contributed by atoms with Crippen LogP contribution in [0.3, 0.4) is 0 Å². The van der Waals surface area contributed by atoms with Gasteiger partial charge in [0.05, 0.1) is 4.92 Å². The topological polar surface area (TPSA) is 68.9 Å². The summed E-state index contributed by atoms with van der Waals surface area (Å²) >= 11 is 10.6. The molecular weight excluding hydrogens is 217 g/mol. The maximum Gasteiger partial charge on any atom is 0.324 e. The zero-order valence-corrected chi connectivity index (χ0v) is 8.50. The van der Waals surface area contributed by atoms with Gasteiger partial charge in [-0.1, -0.05) is 25.4 Å². The second-order valence-corrected chi connectivity index (χ2v) is 2.27. The molecule has 5 nitrogen and oxygen atoms in total. The van der Waals surface area contributed by atoms with Crippen molar-refractivity contribution in [1.82, 2.24) is 9.97 Å². The Balaban J connectivity index is 0.000000671. The minimum absolute atomic E-state index is 0.111. The van der Waals surface area contributed by atoms with E-state index in [1.54, 1.807) is 0 Å². The molecule has 0 N–H and O–H groups in total. The fourth-order valence-corrected chi connectivity index (χ4v) is 0.832. The normalized spacial score (nSPS) is 8.62. The van der Waals surface area contributed by atoms with Crippen LogP contribution in [-0.4, -0.2) is 14.9 Å². The molecule has 0 bridgehead atoms. The molecule has 0 aromatic carbocycles. The van der Waals surface area contributed by atoms with Crippen molar-refractivity contribution in [3.05, 3.63) is 26.7 Å². The lowest BCUT2D eigenvalue weighted by Crippen LogP contribution is -1.92. The highest BCUT2D eigenvalue weighted by molar-refractivity contribution is 6.33. The lowest BCUT2D eigenvalue weighted by Gasteiger charge is -1.91. The van der Waals surface area contributed by atoms with E-state index in [4.69, 9.17) is 23.2 Å². The van der Waals surface area contributed by atoms with E-state index in [1.165, 1.54) is 0 Å². The van der Waals surface area contributed by atoms with Crippen molar-refractivity contribution < 1.29 is 4.92 Å². The second kappa shape index (κ2) is 5.66. The Morgan fingerprint density at radius 1 is 1.46 bits per heavy atom. The van der Waals surface area contributed by atoms with E-state index in [0.29, 0.717) is 0 Å². The van der Waals surface area contributed by atoms with E-state index in [1.807, 2.05) is 13.8 Å². The van der Waals surface area contributed by atoms with Crippen molar-refractivity contribution in [2.75, 3.05) is 0 Å². The summed E-state index contributed by atoms with van der Waals surface area (Å²) in [5, 5.41) is 9.77. The average Bonchev–Trinajstić information content (AvgIpc) is 2.07. The zero-order valence-electron chi connectivity index (χ0n) is 6.99. The van der Waals surface area contributed by atoms with Crippen molar-refractivity contribution in [3.63, 3.8) is 0 Å². The van der Waals surface area contributed by atoms with Crippen LogP contribution in [0.2, 0.25) is 10.4 Å². The van der Waals surface area contributed by atoms with E-state index in [-0.39, 0.29) is 16.1 Å². The van der Waals surface area contributed by atoms with Gasteiger partial charge in [0.1, 0.15) is 6.20 Å². The standard InChI is InChI=1S/C4HCl2N3O2.C2H6/c5-3-2(9(10)11)1-7-4(6)8-3;1-2/h1H;1-2H3. The number of rotatable bonds is 1. The molecule has 0 amide bonds. The summed E-state index contributed by atoms with van der Waals surface area (Å²) in [5.74, 6) is 0. The van der Waals surface area contributed by atoms with Crippen LogP contribution in [-0.2, 0) is 0 Å². The molecule has 0 aliphatic rings. The first kappa shape index (κ1) is 12.1. The van der Waals surface area contributed by atoms with Crippen LogP contribution in [0, 0.1) is 10.1 Å². The summed E-state index contributed by atoms with van der Waals surface area (Å²) in [4.78, 5) is 16.2. The van der Waals surface area contributed by atoms with Gasteiger partial charge < -0.3 is 0 Å². The molecule has 0 radical (unpaired) electrons. The van der Waals surface area contributed by atoms with Gasteiger partial charge in [-0.3, -0.25) is 10.1 Å². The Morgan fingerprint density at radius 2 is 2.00 bits per heavy atom. The predicted molar refractivity (Wildman–Crippen MR) is 50.1 cm³/mol. The van der Waals surface area contributed by atoms with Crippen LogP contribution in [0.25, 0.3) is 0 Å². The Hall–Kier alpha value is -0.940. The third kappa shape index (κ3) is 3.52. The molecule has 0 atom stereocenters. The third-order valence-corrected chi connectivity index (χ3v) is 1.35. The fraction of sp³-hybridized carbons (Fsp3) is 0.333. The molecule has 0 saturated carbocycles. The minimum Gasteiger partial charge on any atom is -0.258 e. The second-order valence-electron chi connectivity index (χ2n) is 1.57. The predicted octanol–water partition coefficient (Wildman–Crippen LogP) is 2.72. The summed E-state index contributed by atoms with van der Waals surface area (Å²) in [6, 6.07) is 0. The summed E-state index contributed by atoms with van der Waals surface area (Å²) < 4.78 is 0. The lowest BCUT2D eigenvalue weighted by atomic mass is 10.6. The fourth-order valence-electron chi connectivity index (χ4n) is 0.457. The van der Waals surface area contributed by atoms with E-state index >= 15 is 0 Å². The molecule has 1 rings (SSSR count). The smallest absolute Gasteiger partial charge is 0.258 e. The van der Waals surface area contributed by atoms with Gasteiger partial charge in [-0.25, -0.2) is 4.98 Å². The number of nitro groups is 1. The van der Waals surface area contributed by atoms with Crippen LogP contribution in [0.5, 0.6) is 0 Å². The molecular formula is C6H7Cl2N3O2. The number of hydrogen-bond donors (Lipinski definition) is 0. The summed E-state index contributed by atoms with van der Waals surface area (Å²) in [6.45, 7) is 4.00. The molecule has 72 valence electrons. The molecule has 1 aromatic heterocycles. The zero-order chi connectivity index (χ0) is 10.4. The number of aromatic nitrogens is 2. The van der Waals surface area contributed by atoms with Crippen molar-refractivity contribution in [2.24, 2.45) is 0 Å². The summed E-state index contributed by atoms with van der Waals surface area (Å²) in [6.07, 6.45) is 0.956. The highest BCUT2D eigenvalue weighted by Gasteiger charge is 2.13. The molecule has 0 aliphatic heterocycles. The Labute approximate surface area is 84.9 Å². The van der Waals surface area contributed by atoms with Crippen LogP contribution in [0.1, 0.15) is 13.8 Å². The number of hydrogen-bond acceptors (Lipinski definition) is 4. The number of nitrogens with zero attached hydrogens (tertiary/aromatic N) is 3. The largest absolute Gasteiger partial charge is 0.324 e. The molecule has 0 spiro atoms. The van der Waals surface area contributed by atoms with Gasteiger partial charge in [0.25, 0.3) is 0 Å². The van der Waals surface area contributed by atoms with Crippen molar-refractivity contribution >= 4 is 28.9 Å². The van der Waals surface area contributed by atoms with Gasteiger partial charge in [-0.2, -0.15) is 4.98 Å². The first-order chi connectivity index (χ1) is 6.11. The maximum atomic E-state index is 10.1. The SMILES string of the molecule is CC.O=[N+]([O-])c1cnc(Cl)nc1Cl. The van der Waals surface area contributed by atoms with Gasteiger partial charge in [-0.15, -0.1) is 0 Å². The monoisotopic (exact) mass is 223 g/mol. The van der Waals surface area contributed by atoms with E-state index in [2.05, 4.69) is 9.97 Å². The quantitative estimate of drug-likeness (QED) is 0.318. The highest BCUT2D eigenvalue weighted by Crippen LogP contribution is 2.20. The molecule has 1 heterocycles. The van der Waals surface area contributed by atoms with Crippen molar-refractivity contribution in [2.45, 2.75) is 13.8 Å². The molecule has 0 fully saturated rings. The van der Waals surface area contributed by atoms with Crippen LogP contribution in [0.15, 0.2) is 6.20 Å². The van der Waals surface area contributed by atoms with Gasteiger partial charge in [0.15, 0.2) is 0 Å². The van der Waals surface area contributed by atoms with Crippen LogP contribution >= 0.6 is 23.2 Å². The van der Waals surface area contributed by atoms with E-state index in [9.17, 15) is 10.1 Å².